The zero-order chi connectivity index (χ0) is 17.9. The van der Waals surface area contributed by atoms with Gasteiger partial charge in [-0.1, -0.05) is 26.7 Å². The topological polar surface area (TPSA) is 62.0 Å². The molecule has 25 heavy (non-hydrogen) atoms. The van der Waals surface area contributed by atoms with Crippen molar-refractivity contribution >= 4 is 5.96 Å². The summed E-state index contributed by atoms with van der Waals surface area (Å²) in [4.78, 5) is 6.93. The third-order valence-corrected chi connectivity index (χ3v) is 5.05. The van der Waals surface area contributed by atoms with Crippen LogP contribution >= 0.6 is 0 Å². The van der Waals surface area contributed by atoms with Gasteiger partial charge in [0.1, 0.15) is 5.76 Å². The molecule has 0 spiro atoms. The monoisotopic (exact) mass is 350 g/mol. The van der Waals surface area contributed by atoms with E-state index in [2.05, 4.69) is 34.4 Å². The highest BCUT2D eigenvalue weighted by Gasteiger charge is 2.26. The molecule has 0 radical (unpaired) electrons. The molecule has 1 fully saturated rings. The van der Waals surface area contributed by atoms with Crippen LogP contribution in [0.25, 0.3) is 0 Å². The van der Waals surface area contributed by atoms with Crippen LogP contribution in [0.15, 0.2) is 27.8 Å². The fourth-order valence-electron chi connectivity index (χ4n) is 3.52. The molecule has 1 atom stereocenters. The Morgan fingerprint density at radius 2 is 2.00 bits per heavy atom. The van der Waals surface area contributed by atoms with Gasteiger partial charge in [0.15, 0.2) is 5.96 Å². The van der Waals surface area contributed by atoms with Crippen molar-refractivity contribution in [2.75, 3.05) is 46.4 Å². The second-order valence-electron chi connectivity index (χ2n) is 6.50. The molecule has 1 aliphatic heterocycles. The van der Waals surface area contributed by atoms with E-state index in [1.807, 2.05) is 19.2 Å². The summed E-state index contributed by atoms with van der Waals surface area (Å²) in [6.07, 6.45) is 4.97. The van der Waals surface area contributed by atoms with Gasteiger partial charge >= 0.3 is 0 Å². The fraction of sp³-hybridized carbons (Fsp3) is 0.737. The van der Waals surface area contributed by atoms with Gasteiger partial charge in [-0.2, -0.15) is 0 Å². The molecule has 1 saturated heterocycles. The highest BCUT2D eigenvalue weighted by molar-refractivity contribution is 5.79. The largest absolute Gasteiger partial charge is 0.469 e. The number of guanidine groups is 1. The minimum absolute atomic E-state index is 0.516. The summed E-state index contributed by atoms with van der Waals surface area (Å²) in [5.74, 6) is 2.54. The predicted molar refractivity (Wildman–Crippen MR) is 102 cm³/mol. The second-order valence-corrected chi connectivity index (χ2v) is 6.50. The summed E-state index contributed by atoms with van der Waals surface area (Å²) in [7, 11) is 1.82. The molecule has 2 rings (SSSR count). The molecule has 6 heteroatoms. The first-order valence-corrected chi connectivity index (χ1v) is 9.57. The Balaban J connectivity index is 1.83. The number of aliphatic imine (C=N–C) groups is 1. The number of ether oxygens (including phenoxy) is 1. The van der Waals surface area contributed by atoms with Crippen molar-refractivity contribution in [3.05, 3.63) is 24.2 Å². The van der Waals surface area contributed by atoms with Crippen molar-refractivity contribution in [1.29, 1.82) is 0 Å². The molecule has 2 N–H and O–H groups in total. The Labute approximate surface area is 152 Å². The molecule has 1 unspecified atom stereocenters. The molecule has 0 saturated carbocycles. The Bertz CT molecular complexity index is 480. The number of hydrogen-bond donors (Lipinski definition) is 2. The molecule has 2 heterocycles. The quantitative estimate of drug-likeness (QED) is 0.528. The van der Waals surface area contributed by atoms with Crippen LogP contribution < -0.4 is 10.6 Å². The number of nitrogens with one attached hydrogen (secondary N) is 2. The second kappa shape index (κ2) is 11.2. The summed E-state index contributed by atoms with van der Waals surface area (Å²) in [6, 6.07) is 4.44. The van der Waals surface area contributed by atoms with E-state index in [-0.39, 0.29) is 0 Å². The molecule has 1 aromatic heterocycles. The van der Waals surface area contributed by atoms with E-state index in [1.165, 1.54) is 12.8 Å². The van der Waals surface area contributed by atoms with Crippen molar-refractivity contribution in [3.8, 4) is 0 Å². The van der Waals surface area contributed by atoms with Crippen LogP contribution in [0.5, 0.6) is 0 Å². The summed E-state index contributed by atoms with van der Waals surface area (Å²) >= 11 is 0. The maximum Gasteiger partial charge on any atom is 0.191 e. The van der Waals surface area contributed by atoms with Crippen molar-refractivity contribution in [2.24, 2.45) is 10.9 Å². The minimum Gasteiger partial charge on any atom is -0.469 e. The molecule has 0 aliphatic carbocycles. The molecule has 0 amide bonds. The van der Waals surface area contributed by atoms with Gasteiger partial charge in [-0.3, -0.25) is 9.89 Å². The average Bonchev–Trinajstić information content (AvgIpc) is 3.17. The van der Waals surface area contributed by atoms with Crippen molar-refractivity contribution in [3.63, 3.8) is 0 Å². The van der Waals surface area contributed by atoms with Crippen molar-refractivity contribution in [1.82, 2.24) is 15.5 Å². The van der Waals surface area contributed by atoms with Crippen LogP contribution in [0.4, 0.5) is 0 Å². The van der Waals surface area contributed by atoms with Gasteiger partial charge in [0.05, 0.1) is 19.5 Å². The lowest BCUT2D eigenvalue weighted by atomic mass is 9.92. The first-order valence-electron chi connectivity index (χ1n) is 9.57. The Kier molecular flexibility index (Phi) is 8.83. The highest BCUT2D eigenvalue weighted by atomic mass is 16.5. The number of rotatable bonds is 9. The third kappa shape index (κ3) is 6.36. The van der Waals surface area contributed by atoms with Gasteiger partial charge in [-0.25, -0.2) is 0 Å². The summed E-state index contributed by atoms with van der Waals surface area (Å²) in [5.41, 5.74) is 0. The lowest BCUT2D eigenvalue weighted by Crippen LogP contribution is -2.53. The first-order chi connectivity index (χ1) is 12.3. The maximum absolute atomic E-state index is 5.53. The molecule has 1 aliphatic rings. The van der Waals surface area contributed by atoms with E-state index >= 15 is 0 Å². The van der Waals surface area contributed by atoms with Crippen LogP contribution in [-0.2, 0) is 11.2 Å². The molecule has 142 valence electrons. The first kappa shape index (κ1) is 19.8. The van der Waals surface area contributed by atoms with Crippen LogP contribution in [0.1, 0.15) is 32.4 Å². The predicted octanol–water partition coefficient (Wildman–Crippen LogP) is 2.12. The van der Waals surface area contributed by atoms with E-state index in [4.69, 9.17) is 9.15 Å². The zero-order valence-corrected chi connectivity index (χ0v) is 16.0. The van der Waals surface area contributed by atoms with Crippen LogP contribution in [0.3, 0.4) is 0 Å². The van der Waals surface area contributed by atoms with E-state index in [0.29, 0.717) is 12.0 Å². The lowest BCUT2D eigenvalue weighted by Gasteiger charge is -2.39. The SMILES string of the molecule is CCC(CC)C(CNC(=NC)NCCc1ccco1)N1CCOCC1. The summed E-state index contributed by atoms with van der Waals surface area (Å²) in [5, 5.41) is 6.90. The molecular formula is C19H34N4O2. The van der Waals surface area contributed by atoms with Crippen molar-refractivity contribution in [2.45, 2.75) is 39.2 Å². The maximum atomic E-state index is 5.53. The van der Waals surface area contributed by atoms with Gasteiger partial charge in [0, 0.05) is 45.7 Å². The Morgan fingerprint density at radius 1 is 1.24 bits per heavy atom. The van der Waals surface area contributed by atoms with Gasteiger partial charge in [0.25, 0.3) is 0 Å². The zero-order valence-electron chi connectivity index (χ0n) is 16.0. The molecular weight excluding hydrogens is 316 g/mol. The summed E-state index contributed by atoms with van der Waals surface area (Å²) < 4.78 is 10.9. The van der Waals surface area contributed by atoms with Crippen LogP contribution in [0, 0.1) is 5.92 Å². The molecule has 6 nitrogen and oxygen atoms in total. The van der Waals surface area contributed by atoms with E-state index in [9.17, 15) is 0 Å². The molecule has 0 bridgehead atoms. The molecule has 0 aromatic carbocycles. The van der Waals surface area contributed by atoms with Gasteiger partial charge < -0.3 is 19.8 Å². The average molecular weight is 351 g/mol. The van der Waals surface area contributed by atoms with Crippen LogP contribution in [0.2, 0.25) is 0 Å². The third-order valence-electron chi connectivity index (χ3n) is 5.05. The lowest BCUT2D eigenvalue weighted by molar-refractivity contribution is 0.00272. The van der Waals surface area contributed by atoms with Crippen molar-refractivity contribution < 1.29 is 9.15 Å². The smallest absolute Gasteiger partial charge is 0.191 e. The minimum atomic E-state index is 0.516. The number of morpholine rings is 1. The highest BCUT2D eigenvalue weighted by Crippen LogP contribution is 2.19. The Morgan fingerprint density at radius 3 is 2.60 bits per heavy atom. The fourth-order valence-corrected chi connectivity index (χ4v) is 3.52. The number of furan rings is 1. The number of nitrogens with zero attached hydrogens (tertiary/aromatic N) is 2. The summed E-state index contributed by atoms with van der Waals surface area (Å²) in [6.45, 7) is 10.0. The van der Waals surface area contributed by atoms with E-state index in [1.54, 1.807) is 6.26 Å². The number of hydrogen-bond acceptors (Lipinski definition) is 4. The standard InChI is InChI=1S/C19H34N4O2/c1-4-16(5-2)18(23-10-13-24-14-11-23)15-22-19(20-3)21-9-8-17-7-6-12-25-17/h6-7,12,16,18H,4-5,8-11,13-15H2,1-3H3,(H2,20,21,22). The van der Waals surface area contributed by atoms with Gasteiger partial charge in [-0.15, -0.1) is 0 Å². The van der Waals surface area contributed by atoms with Gasteiger partial charge in [-0.05, 0) is 18.1 Å². The van der Waals surface area contributed by atoms with Gasteiger partial charge in [0.2, 0.25) is 0 Å². The van der Waals surface area contributed by atoms with Crippen LogP contribution in [-0.4, -0.2) is 63.3 Å². The van der Waals surface area contributed by atoms with E-state index in [0.717, 1.165) is 57.5 Å². The Hall–Kier alpha value is -1.53. The molecule has 1 aromatic rings. The van der Waals surface area contributed by atoms with E-state index < -0.39 is 0 Å². The normalized spacial score (nSPS) is 17.7.